The fraction of sp³-hybridized carbons (Fsp3) is 0.455. The number of methoxy groups -OCH3 is 2. The summed E-state index contributed by atoms with van der Waals surface area (Å²) < 4.78 is 15.6. The Bertz CT molecular complexity index is 2290. The minimum absolute atomic E-state index is 0.121. The molecule has 2 aliphatic rings. The molecular weight excluding hydrogens is 725 g/mol. The molecule has 5 rings (SSSR count). The summed E-state index contributed by atoms with van der Waals surface area (Å²) in [5.74, 6) is -1.80. The molecule has 13 nitrogen and oxygen atoms in total. The maximum atomic E-state index is 14.3. The van der Waals surface area contributed by atoms with Gasteiger partial charge in [0.15, 0.2) is 0 Å². The van der Waals surface area contributed by atoms with Gasteiger partial charge >= 0.3 is 18.0 Å². The van der Waals surface area contributed by atoms with Gasteiger partial charge in [0.25, 0.3) is 5.91 Å². The maximum Gasteiger partial charge on any atom is 0.407 e. The summed E-state index contributed by atoms with van der Waals surface area (Å²) in [6.07, 6.45) is 2.77. The first-order valence-corrected chi connectivity index (χ1v) is 19.5. The number of aromatic nitrogens is 4. The molecule has 0 fully saturated rings. The summed E-state index contributed by atoms with van der Waals surface area (Å²) in [5, 5.41) is 5.73. The Balaban J connectivity index is 1.79. The molecular formula is C44H56N6O7. The van der Waals surface area contributed by atoms with Crippen LogP contribution in [0.4, 0.5) is 4.79 Å². The number of hydrogen-bond acceptors (Lipinski definition) is 9. The molecule has 8 bridgehead atoms. The third-order valence-corrected chi connectivity index (χ3v) is 10.7. The molecule has 2 amide bonds. The summed E-state index contributed by atoms with van der Waals surface area (Å²) in [6.45, 7) is 20.1. The van der Waals surface area contributed by atoms with Crippen LogP contribution in [0.5, 0.6) is 0 Å². The average molecular weight is 781 g/mol. The van der Waals surface area contributed by atoms with Gasteiger partial charge in [-0.2, -0.15) is 0 Å². The standard InChI is InChI=1S/C44H56N6O7/c1-12-27-23(3)31-20-33-25(5)29(15-16-37(51)55-10)40(49-33)30(19-38(52)56-11)41-39(42(53)45-17-14-18-46-43(54)57-44(7,8)9)26(6)34(50-41)22-36-28(13-2)24(4)32(48-36)21-35(27)47-31/h12,20-22,25,29,47-48H,1,13-19H2,2-11H3,(H,45,53)(H,46,54). The van der Waals surface area contributed by atoms with Gasteiger partial charge in [0.2, 0.25) is 0 Å². The minimum atomic E-state index is -0.632. The van der Waals surface area contributed by atoms with Crippen molar-refractivity contribution in [3.05, 3.63) is 75.4 Å². The molecule has 0 radical (unpaired) electrons. The first-order chi connectivity index (χ1) is 27.0. The van der Waals surface area contributed by atoms with Crippen molar-refractivity contribution in [1.82, 2.24) is 30.6 Å². The topological polar surface area (TPSA) is 177 Å². The molecule has 2 unspecified atom stereocenters. The Morgan fingerprint density at radius 1 is 0.877 bits per heavy atom. The summed E-state index contributed by atoms with van der Waals surface area (Å²) in [6, 6.07) is 6.05. The maximum absolute atomic E-state index is 14.3. The van der Waals surface area contributed by atoms with E-state index in [1.807, 2.05) is 39.0 Å². The van der Waals surface area contributed by atoms with E-state index in [2.05, 4.69) is 47.1 Å². The third-order valence-electron chi connectivity index (χ3n) is 10.7. The van der Waals surface area contributed by atoms with Gasteiger partial charge in [-0.15, -0.1) is 0 Å². The fourth-order valence-corrected chi connectivity index (χ4v) is 7.59. The van der Waals surface area contributed by atoms with Crippen LogP contribution in [0.3, 0.4) is 0 Å². The number of aryl methyl sites for hydroxylation is 3. The highest BCUT2D eigenvalue weighted by Crippen LogP contribution is 2.44. The molecule has 0 spiro atoms. The molecule has 57 heavy (non-hydrogen) atoms. The number of amides is 2. The Hall–Kier alpha value is -5.72. The van der Waals surface area contributed by atoms with E-state index >= 15 is 0 Å². The zero-order valence-corrected chi connectivity index (χ0v) is 34.9. The van der Waals surface area contributed by atoms with E-state index in [0.29, 0.717) is 46.6 Å². The van der Waals surface area contributed by atoms with Gasteiger partial charge in [-0.1, -0.05) is 26.5 Å². The average Bonchev–Trinajstić information content (AvgIpc) is 3.84. The Morgan fingerprint density at radius 3 is 2.19 bits per heavy atom. The van der Waals surface area contributed by atoms with Crippen molar-refractivity contribution in [3.8, 4) is 0 Å². The van der Waals surface area contributed by atoms with Crippen LogP contribution in [-0.4, -0.2) is 76.8 Å². The van der Waals surface area contributed by atoms with E-state index in [0.717, 1.165) is 56.4 Å². The molecule has 0 aromatic carbocycles. The molecule has 304 valence electrons. The molecule has 2 aliphatic heterocycles. The number of alkyl carbamates (subject to hydrolysis) is 1. The van der Waals surface area contributed by atoms with E-state index in [-0.39, 0.29) is 49.6 Å². The highest BCUT2D eigenvalue weighted by atomic mass is 16.6. The lowest BCUT2D eigenvalue weighted by Gasteiger charge is -2.19. The summed E-state index contributed by atoms with van der Waals surface area (Å²) in [4.78, 5) is 69.9. The molecule has 13 heteroatoms. The van der Waals surface area contributed by atoms with Crippen LogP contribution in [0.2, 0.25) is 0 Å². The zero-order chi connectivity index (χ0) is 41.8. The first kappa shape index (κ1) is 42.4. The molecule has 0 saturated carbocycles. The zero-order valence-electron chi connectivity index (χ0n) is 34.9. The number of fused-ring (bicyclic) bond motifs is 8. The van der Waals surface area contributed by atoms with Crippen LogP contribution in [0.25, 0.3) is 39.3 Å². The number of H-pyrrole nitrogens is 2. The fourth-order valence-electron chi connectivity index (χ4n) is 7.59. The van der Waals surface area contributed by atoms with E-state index in [1.54, 1.807) is 20.8 Å². The second-order valence-corrected chi connectivity index (χ2v) is 15.6. The lowest BCUT2D eigenvalue weighted by molar-refractivity contribution is -0.141. The van der Waals surface area contributed by atoms with Crippen molar-refractivity contribution in [1.29, 1.82) is 0 Å². The number of esters is 2. The lowest BCUT2D eigenvalue weighted by atomic mass is 9.84. The van der Waals surface area contributed by atoms with Gasteiger partial charge in [-0.3, -0.25) is 19.4 Å². The Morgan fingerprint density at radius 2 is 1.54 bits per heavy atom. The minimum Gasteiger partial charge on any atom is -0.469 e. The molecule has 0 saturated heterocycles. The predicted molar refractivity (Wildman–Crippen MR) is 222 cm³/mol. The van der Waals surface area contributed by atoms with E-state index in [1.165, 1.54) is 14.2 Å². The van der Waals surface area contributed by atoms with Crippen molar-refractivity contribution in [2.24, 2.45) is 0 Å². The highest BCUT2D eigenvalue weighted by Gasteiger charge is 2.36. The molecule has 5 heterocycles. The van der Waals surface area contributed by atoms with Gasteiger partial charge in [0, 0.05) is 70.2 Å². The van der Waals surface area contributed by atoms with Gasteiger partial charge in [-0.05, 0) is 101 Å². The number of carbonyl (C=O) groups is 4. The Labute approximate surface area is 334 Å². The molecule has 3 aromatic heterocycles. The van der Waals surface area contributed by atoms with Gasteiger partial charge in [0.1, 0.15) is 5.60 Å². The van der Waals surface area contributed by atoms with Crippen LogP contribution < -0.4 is 10.6 Å². The number of ether oxygens (including phenoxy) is 3. The molecule has 0 aliphatic carbocycles. The number of nitrogens with zero attached hydrogens (tertiary/aromatic N) is 2. The van der Waals surface area contributed by atoms with Crippen molar-refractivity contribution < 1.29 is 33.4 Å². The SMILES string of the molecule is C=Cc1c(C)c2cc3nc(c(CC(=O)OC)c4nc(cc5[nH]c(cc1[nH]2)c(C)c5CC)C(C)=C4C(=O)NCCCNC(=O)OC(C)(C)C)C(CCC(=O)OC)C3C. The number of carbonyl (C=O) groups excluding carboxylic acids is 4. The number of rotatable bonds is 12. The van der Waals surface area contributed by atoms with Gasteiger partial charge in [0.05, 0.1) is 43.3 Å². The van der Waals surface area contributed by atoms with Crippen LogP contribution in [0, 0.1) is 13.8 Å². The Kier molecular flexibility index (Phi) is 13.1. The van der Waals surface area contributed by atoms with Crippen LogP contribution in [0.15, 0.2) is 24.8 Å². The number of allylic oxidation sites excluding steroid dienone is 1. The summed E-state index contributed by atoms with van der Waals surface area (Å²) in [5.41, 5.74) is 10.6. The normalized spacial score (nSPS) is 15.3. The van der Waals surface area contributed by atoms with E-state index in [4.69, 9.17) is 24.2 Å². The predicted octanol–water partition coefficient (Wildman–Crippen LogP) is 7.65. The number of hydrogen-bond donors (Lipinski definition) is 4. The quantitative estimate of drug-likeness (QED) is 0.0817. The number of aromatic amines is 2. The van der Waals surface area contributed by atoms with E-state index in [9.17, 15) is 19.2 Å². The second kappa shape index (κ2) is 17.6. The monoisotopic (exact) mass is 780 g/mol. The highest BCUT2D eigenvalue weighted by molar-refractivity contribution is 6.27. The van der Waals surface area contributed by atoms with Crippen molar-refractivity contribution in [2.45, 2.75) is 105 Å². The second-order valence-electron chi connectivity index (χ2n) is 15.6. The van der Waals surface area contributed by atoms with Crippen LogP contribution in [-0.2, 0) is 41.4 Å². The van der Waals surface area contributed by atoms with E-state index < -0.39 is 17.7 Å². The van der Waals surface area contributed by atoms with Crippen LogP contribution >= 0.6 is 0 Å². The molecule has 2 atom stereocenters. The largest absolute Gasteiger partial charge is 0.469 e. The van der Waals surface area contributed by atoms with Crippen molar-refractivity contribution in [3.63, 3.8) is 0 Å². The number of nitrogens with one attached hydrogen (secondary N) is 4. The van der Waals surface area contributed by atoms with Crippen LogP contribution in [0.1, 0.15) is 123 Å². The smallest absolute Gasteiger partial charge is 0.407 e. The van der Waals surface area contributed by atoms with Crippen molar-refractivity contribution in [2.75, 3.05) is 27.3 Å². The molecule has 3 aromatic rings. The molecule has 4 N–H and O–H groups in total. The third kappa shape index (κ3) is 9.30. The van der Waals surface area contributed by atoms with Crippen molar-refractivity contribution >= 4 is 63.2 Å². The summed E-state index contributed by atoms with van der Waals surface area (Å²) in [7, 11) is 2.67. The first-order valence-electron chi connectivity index (χ1n) is 19.5. The lowest BCUT2D eigenvalue weighted by Crippen LogP contribution is -2.34. The summed E-state index contributed by atoms with van der Waals surface area (Å²) >= 11 is 0. The van der Waals surface area contributed by atoms with Gasteiger partial charge in [-0.25, -0.2) is 9.78 Å². The van der Waals surface area contributed by atoms with Gasteiger partial charge < -0.3 is 34.8 Å².